The van der Waals surface area contributed by atoms with Crippen LogP contribution in [0.15, 0.2) is 29.3 Å². The summed E-state index contributed by atoms with van der Waals surface area (Å²) in [5.74, 6) is 0.877. The number of hydrogen-bond donors (Lipinski definition) is 2. The molecule has 1 aliphatic rings. The Morgan fingerprint density at radius 2 is 1.88 bits per heavy atom. The van der Waals surface area contributed by atoms with Crippen LogP contribution in [0.5, 0.6) is 0 Å². The molecule has 1 aromatic carbocycles. The standard InChI is InChI=1S/C19H27N5O/c1-21-18(22-13-16-8-6-15(12-20)7-9-16)23-14-19(10-4-5-11-19)17(25)24(2)3/h6-9H,4-5,10-11,13-14H2,1-3H3,(H2,21,22,23). The molecule has 1 aliphatic carbocycles. The third kappa shape index (κ3) is 4.72. The predicted molar refractivity (Wildman–Crippen MR) is 99.0 cm³/mol. The predicted octanol–water partition coefficient (Wildman–Crippen LogP) is 1.87. The van der Waals surface area contributed by atoms with Gasteiger partial charge in [0.15, 0.2) is 5.96 Å². The molecule has 0 heterocycles. The van der Waals surface area contributed by atoms with E-state index in [0.717, 1.165) is 31.2 Å². The maximum Gasteiger partial charge on any atom is 0.230 e. The smallest absolute Gasteiger partial charge is 0.230 e. The van der Waals surface area contributed by atoms with Crippen molar-refractivity contribution in [3.8, 4) is 6.07 Å². The molecule has 0 radical (unpaired) electrons. The van der Waals surface area contributed by atoms with Crippen LogP contribution in [0, 0.1) is 16.7 Å². The van der Waals surface area contributed by atoms with Crippen molar-refractivity contribution in [3.63, 3.8) is 0 Å². The summed E-state index contributed by atoms with van der Waals surface area (Å²) in [5, 5.41) is 15.4. The summed E-state index contributed by atoms with van der Waals surface area (Å²) in [6, 6.07) is 9.56. The van der Waals surface area contributed by atoms with Crippen LogP contribution in [-0.2, 0) is 11.3 Å². The molecule has 0 aromatic heterocycles. The highest BCUT2D eigenvalue weighted by atomic mass is 16.2. The van der Waals surface area contributed by atoms with Gasteiger partial charge in [-0.1, -0.05) is 25.0 Å². The molecule has 134 valence electrons. The van der Waals surface area contributed by atoms with Crippen LogP contribution >= 0.6 is 0 Å². The van der Waals surface area contributed by atoms with E-state index in [-0.39, 0.29) is 11.3 Å². The van der Waals surface area contributed by atoms with E-state index in [2.05, 4.69) is 21.7 Å². The Morgan fingerprint density at radius 1 is 1.24 bits per heavy atom. The van der Waals surface area contributed by atoms with E-state index in [1.165, 1.54) is 0 Å². The highest BCUT2D eigenvalue weighted by molar-refractivity contribution is 5.85. The van der Waals surface area contributed by atoms with E-state index in [1.807, 2.05) is 26.2 Å². The third-order valence-electron chi connectivity index (χ3n) is 4.78. The van der Waals surface area contributed by atoms with Crippen molar-refractivity contribution in [2.75, 3.05) is 27.7 Å². The quantitative estimate of drug-likeness (QED) is 0.633. The van der Waals surface area contributed by atoms with Gasteiger partial charge in [-0.2, -0.15) is 5.26 Å². The number of rotatable bonds is 5. The maximum absolute atomic E-state index is 12.6. The first-order valence-corrected chi connectivity index (χ1v) is 8.66. The first-order valence-electron chi connectivity index (χ1n) is 8.66. The van der Waals surface area contributed by atoms with E-state index in [1.54, 1.807) is 24.1 Å². The van der Waals surface area contributed by atoms with Crippen LogP contribution in [-0.4, -0.2) is 44.5 Å². The van der Waals surface area contributed by atoms with Crippen LogP contribution in [0.4, 0.5) is 0 Å². The van der Waals surface area contributed by atoms with Crippen molar-refractivity contribution < 1.29 is 4.79 Å². The van der Waals surface area contributed by atoms with E-state index >= 15 is 0 Å². The number of aliphatic imine (C=N–C) groups is 1. The minimum atomic E-state index is -0.324. The van der Waals surface area contributed by atoms with Gasteiger partial charge in [0.2, 0.25) is 5.91 Å². The SMILES string of the molecule is CN=C(NCc1ccc(C#N)cc1)NCC1(C(=O)N(C)C)CCCC1. The Hall–Kier alpha value is -2.55. The molecule has 2 N–H and O–H groups in total. The van der Waals surface area contributed by atoms with Gasteiger partial charge < -0.3 is 15.5 Å². The van der Waals surface area contributed by atoms with Gasteiger partial charge in [0.25, 0.3) is 0 Å². The number of nitriles is 1. The second kappa shape index (κ2) is 8.52. The number of guanidine groups is 1. The van der Waals surface area contributed by atoms with Crippen LogP contribution < -0.4 is 10.6 Å². The largest absolute Gasteiger partial charge is 0.355 e. The van der Waals surface area contributed by atoms with Crippen molar-refractivity contribution >= 4 is 11.9 Å². The molecular weight excluding hydrogens is 314 g/mol. The van der Waals surface area contributed by atoms with Crippen molar-refractivity contribution in [3.05, 3.63) is 35.4 Å². The van der Waals surface area contributed by atoms with Crippen molar-refractivity contribution in [1.29, 1.82) is 5.26 Å². The van der Waals surface area contributed by atoms with E-state index in [0.29, 0.717) is 24.6 Å². The van der Waals surface area contributed by atoms with Crippen LogP contribution in [0.1, 0.15) is 36.8 Å². The van der Waals surface area contributed by atoms with E-state index in [9.17, 15) is 4.79 Å². The second-order valence-electron chi connectivity index (χ2n) is 6.78. The number of carbonyl (C=O) groups is 1. The van der Waals surface area contributed by atoms with Crippen molar-refractivity contribution in [2.24, 2.45) is 10.4 Å². The molecule has 1 aromatic rings. The lowest BCUT2D eigenvalue weighted by Gasteiger charge is -2.31. The molecule has 1 saturated carbocycles. The molecule has 6 heteroatoms. The van der Waals surface area contributed by atoms with Gasteiger partial charge in [-0.05, 0) is 30.5 Å². The van der Waals surface area contributed by atoms with Gasteiger partial charge in [-0.15, -0.1) is 0 Å². The number of carbonyl (C=O) groups excluding carboxylic acids is 1. The summed E-state index contributed by atoms with van der Waals surface area (Å²) in [6.07, 6.45) is 4.03. The van der Waals surface area contributed by atoms with Crippen LogP contribution in [0.2, 0.25) is 0 Å². The molecule has 0 unspecified atom stereocenters. The van der Waals surface area contributed by atoms with Gasteiger partial charge in [0, 0.05) is 34.2 Å². The van der Waals surface area contributed by atoms with Gasteiger partial charge in [0.1, 0.15) is 0 Å². The minimum Gasteiger partial charge on any atom is -0.355 e. The second-order valence-corrected chi connectivity index (χ2v) is 6.78. The Kier molecular flexibility index (Phi) is 6.40. The fourth-order valence-corrected chi connectivity index (χ4v) is 3.35. The van der Waals surface area contributed by atoms with Crippen molar-refractivity contribution in [2.45, 2.75) is 32.2 Å². The zero-order chi connectivity index (χ0) is 18.3. The molecule has 1 amide bonds. The average molecular weight is 341 g/mol. The first kappa shape index (κ1) is 18.8. The fourth-order valence-electron chi connectivity index (χ4n) is 3.35. The molecule has 0 aliphatic heterocycles. The van der Waals surface area contributed by atoms with Gasteiger partial charge in [-0.25, -0.2) is 0 Å². The Labute approximate surface area is 149 Å². The van der Waals surface area contributed by atoms with E-state index in [4.69, 9.17) is 5.26 Å². The summed E-state index contributed by atoms with van der Waals surface area (Å²) >= 11 is 0. The van der Waals surface area contributed by atoms with Gasteiger partial charge >= 0.3 is 0 Å². The third-order valence-corrected chi connectivity index (χ3v) is 4.78. The normalized spacial score (nSPS) is 16.2. The highest BCUT2D eigenvalue weighted by Gasteiger charge is 2.42. The molecule has 0 atom stereocenters. The first-order chi connectivity index (χ1) is 12.0. The number of nitrogens with one attached hydrogen (secondary N) is 2. The zero-order valence-corrected chi connectivity index (χ0v) is 15.3. The van der Waals surface area contributed by atoms with Crippen molar-refractivity contribution in [1.82, 2.24) is 15.5 Å². The number of benzene rings is 1. The lowest BCUT2D eigenvalue weighted by atomic mass is 9.84. The molecule has 6 nitrogen and oxygen atoms in total. The maximum atomic E-state index is 12.6. The molecule has 25 heavy (non-hydrogen) atoms. The Morgan fingerprint density at radius 3 is 2.40 bits per heavy atom. The minimum absolute atomic E-state index is 0.194. The molecule has 0 spiro atoms. The van der Waals surface area contributed by atoms with Crippen LogP contribution in [0.3, 0.4) is 0 Å². The molecular formula is C19H27N5O. The van der Waals surface area contributed by atoms with E-state index < -0.39 is 0 Å². The fraction of sp³-hybridized carbons (Fsp3) is 0.526. The number of hydrogen-bond acceptors (Lipinski definition) is 3. The molecule has 0 saturated heterocycles. The van der Waals surface area contributed by atoms with Gasteiger partial charge in [0.05, 0.1) is 17.0 Å². The summed E-state index contributed by atoms with van der Waals surface area (Å²) < 4.78 is 0. The number of nitrogens with zero attached hydrogens (tertiary/aromatic N) is 3. The summed E-state index contributed by atoms with van der Waals surface area (Å²) in [4.78, 5) is 18.6. The molecule has 2 rings (SSSR count). The Bertz CT molecular complexity index is 651. The highest BCUT2D eigenvalue weighted by Crippen LogP contribution is 2.38. The lowest BCUT2D eigenvalue weighted by Crippen LogP contribution is -2.49. The summed E-state index contributed by atoms with van der Waals surface area (Å²) in [7, 11) is 5.37. The molecule has 0 bridgehead atoms. The Balaban J connectivity index is 1.92. The average Bonchev–Trinajstić information content (AvgIpc) is 3.11. The zero-order valence-electron chi connectivity index (χ0n) is 15.3. The van der Waals surface area contributed by atoms with Gasteiger partial charge in [-0.3, -0.25) is 9.79 Å². The topological polar surface area (TPSA) is 80.5 Å². The monoisotopic (exact) mass is 341 g/mol. The summed E-state index contributed by atoms with van der Waals surface area (Å²) in [6.45, 7) is 1.21. The summed E-state index contributed by atoms with van der Waals surface area (Å²) in [5.41, 5.74) is 1.40. The lowest BCUT2D eigenvalue weighted by molar-refractivity contribution is -0.138. The van der Waals surface area contributed by atoms with Crippen LogP contribution in [0.25, 0.3) is 0 Å². The number of amides is 1. The molecule has 1 fully saturated rings.